The van der Waals surface area contributed by atoms with E-state index in [2.05, 4.69) is 30.4 Å². The van der Waals surface area contributed by atoms with E-state index in [1.807, 2.05) is 20.8 Å². The van der Waals surface area contributed by atoms with Crippen LogP contribution in [0.15, 0.2) is 29.4 Å². The Balaban J connectivity index is 2.38. The number of hydrogen-bond donors (Lipinski definition) is 2. The maximum Gasteiger partial charge on any atom is 0.341 e. The zero-order valence-electron chi connectivity index (χ0n) is 14.8. The highest BCUT2D eigenvalue weighted by atomic mass is 16.6. The Morgan fingerprint density at radius 3 is 2.56 bits per heavy atom. The number of nitrogens with one attached hydrogen (secondary N) is 2. The zero-order valence-corrected chi connectivity index (χ0v) is 14.8. The lowest BCUT2D eigenvalue weighted by molar-refractivity contribution is -0.385. The molecule has 0 saturated carbocycles. The maximum absolute atomic E-state index is 12.5. The van der Waals surface area contributed by atoms with Gasteiger partial charge in [0.15, 0.2) is 5.82 Å². The van der Waals surface area contributed by atoms with Gasteiger partial charge < -0.3 is 9.64 Å². The Morgan fingerprint density at radius 1 is 1.33 bits per heavy atom. The molecule has 0 aliphatic carbocycles. The monoisotopic (exact) mass is 365 g/mol. The molecule has 1 aromatic heterocycles. The molecule has 0 spiro atoms. The molecule has 2 rings (SSSR count). The summed E-state index contributed by atoms with van der Waals surface area (Å²) in [4.78, 5) is 29.3. The van der Waals surface area contributed by atoms with E-state index < -0.39 is 22.2 Å². The lowest BCUT2D eigenvalue weighted by Gasteiger charge is -2.16. The number of hydrazone groups is 1. The second kappa shape index (κ2) is 7.45. The maximum atomic E-state index is 12.5. The molecule has 0 unspecified atom stereocenters. The number of benzene rings is 1. The second-order valence-corrected chi connectivity index (χ2v) is 6.42. The average molecular weight is 365 g/mol. The number of Topliss-reactive ketones (excluding diaryl/α,β-unsaturated/α-hetero) is 1. The number of carbonyl (C=O) groups is 1. The van der Waals surface area contributed by atoms with Crippen molar-refractivity contribution in [3.63, 3.8) is 0 Å². The minimum absolute atomic E-state index is 0.0615. The molecule has 0 fully saturated rings. The van der Waals surface area contributed by atoms with Crippen LogP contribution in [0.4, 0.5) is 17.2 Å². The van der Waals surface area contributed by atoms with E-state index >= 15 is 0 Å². The van der Waals surface area contributed by atoms with Gasteiger partial charge in [0.1, 0.15) is 0 Å². The molecule has 0 saturated heterocycles. The number of ketones is 1. The van der Waals surface area contributed by atoms with Crippen LogP contribution in [0.3, 0.4) is 0 Å². The van der Waals surface area contributed by atoms with Crippen molar-refractivity contribution in [2.75, 3.05) is 5.43 Å². The summed E-state index contributed by atoms with van der Waals surface area (Å²) in [6, 6.07) is 5.29. The van der Waals surface area contributed by atoms with Gasteiger partial charge in [-0.15, -0.1) is 0 Å². The summed E-state index contributed by atoms with van der Waals surface area (Å²) in [5.41, 5.74) is 2.15. The molecule has 10 nitrogen and oxygen atoms in total. The molecule has 0 atom stereocenters. The Morgan fingerprint density at radius 2 is 2.00 bits per heavy atom. The third-order valence-corrected chi connectivity index (χ3v) is 3.52. The van der Waals surface area contributed by atoms with Gasteiger partial charge in [-0.05, 0) is 16.6 Å². The molecular weight excluding hydrogens is 350 g/mol. The molecule has 0 aliphatic heterocycles. The molecule has 1 heterocycles. The normalized spacial score (nSPS) is 11.4. The van der Waals surface area contributed by atoms with Crippen molar-refractivity contribution >= 4 is 28.8 Å². The van der Waals surface area contributed by atoms with Crippen molar-refractivity contribution in [3.8, 4) is 0 Å². The highest BCUT2D eigenvalue weighted by molar-refractivity contribution is 6.49. The quantitative estimate of drug-likeness (QED) is 0.209. The lowest BCUT2D eigenvalue weighted by Crippen LogP contribution is -2.14. The molecule has 10 heteroatoms. The van der Waals surface area contributed by atoms with Crippen LogP contribution in [-0.4, -0.2) is 26.7 Å². The average Bonchev–Trinajstić information content (AvgIpc) is 3.05. The number of nitrogens with zero attached hydrogens (tertiary/aromatic N) is 5. The minimum atomic E-state index is -0.902. The fourth-order valence-electron chi connectivity index (χ4n) is 2.22. The molecule has 1 aromatic carbocycles. The predicted molar refractivity (Wildman–Crippen MR) is 98.6 cm³/mol. The van der Waals surface area contributed by atoms with Crippen molar-refractivity contribution in [2.24, 2.45) is 5.10 Å². The zero-order chi connectivity index (χ0) is 20.2. The fourth-order valence-corrected chi connectivity index (χ4v) is 2.22. The van der Waals surface area contributed by atoms with Gasteiger partial charge in [0.05, 0.1) is 17.1 Å². The Hall–Kier alpha value is -4.05. The molecule has 2 aromatic rings. The van der Waals surface area contributed by atoms with Gasteiger partial charge in [-0.2, -0.15) is 10.5 Å². The minimum Gasteiger partial charge on any atom is -0.356 e. The highest BCUT2D eigenvalue weighted by Gasteiger charge is 2.26. The standard InChI is InChI=1S/C17H15N7O3/c1-17(2,3)14-12(18-4)15(21-20-14)22-23-16(19-5)13(25)10-8-6-7-9-11(10)24(26)27/h6-9H,1-3H3,(H2,20,21,22)/b23-16+. The number of rotatable bonds is 5. The van der Waals surface area contributed by atoms with E-state index in [1.54, 1.807) is 0 Å². The number of hydrogen-bond acceptors (Lipinski definition) is 6. The van der Waals surface area contributed by atoms with Gasteiger partial charge in [-0.25, -0.2) is 4.85 Å². The SMILES string of the molecule is [C-]#[N+]/C(=N/Nc1n[nH]c(C(C)(C)C)c1[N+]#[C-])C(=O)c1ccccc1[N+](=O)[O-]. The van der Waals surface area contributed by atoms with E-state index in [9.17, 15) is 14.9 Å². The highest BCUT2D eigenvalue weighted by Crippen LogP contribution is 2.35. The molecule has 2 N–H and O–H groups in total. The number of carbonyl (C=O) groups excluding carboxylic acids is 1. The van der Waals surface area contributed by atoms with Gasteiger partial charge in [-0.3, -0.25) is 15.2 Å². The molecule has 0 bridgehead atoms. The summed E-state index contributed by atoms with van der Waals surface area (Å²) in [6.45, 7) is 20.2. The first kappa shape index (κ1) is 19.3. The molecule has 0 amide bonds. The number of H-pyrrole nitrogens is 1. The summed E-state index contributed by atoms with van der Waals surface area (Å²) in [7, 11) is 0. The van der Waals surface area contributed by atoms with Gasteiger partial charge in [0.25, 0.3) is 11.4 Å². The number of para-hydroxylation sites is 1. The van der Waals surface area contributed by atoms with Gasteiger partial charge >= 0.3 is 5.84 Å². The Labute approximate surface area is 154 Å². The van der Waals surface area contributed by atoms with Crippen molar-refractivity contribution in [3.05, 3.63) is 68.5 Å². The number of nitro benzene ring substituents is 1. The van der Waals surface area contributed by atoms with Crippen LogP contribution in [0.25, 0.3) is 9.69 Å². The van der Waals surface area contributed by atoms with Crippen molar-refractivity contribution in [2.45, 2.75) is 26.2 Å². The van der Waals surface area contributed by atoms with E-state index in [0.717, 1.165) is 0 Å². The number of nitro groups is 1. The predicted octanol–water partition coefficient (Wildman–Crippen LogP) is 3.69. The first-order valence-corrected chi connectivity index (χ1v) is 7.66. The van der Waals surface area contributed by atoms with Crippen LogP contribution >= 0.6 is 0 Å². The second-order valence-electron chi connectivity index (χ2n) is 6.42. The topological polar surface area (TPSA) is 122 Å². The largest absolute Gasteiger partial charge is 0.356 e. The lowest BCUT2D eigenvalue weighted by atomic mass is 9.91. The van der Waals surface area contributed by atoms with Crippen LogP contribution in [0.2, 0.25) is 0 Å². The Kier molecular flexibility index (Phi) is 5.32. The van der Waals surface area contributed by atoms with Crippen molar-refractivity contribution < 1.29 is 9.72 Å². The fraction of sp³-hybridized carbons (Fsp3) is 0.235. The summed E-state index contributed by atoms with van der Waals surface area (Å²) in [6.07, 6.45) is 0. The van der Waals surface area contributed by atoms with Crippen molar-refractivity contribution in [1.82, 2.24) is 10.2 Å². The smallest absolute Gasteiger partial charge is 0.341 e. The van der Waals surface area contributed by atoms with E-state index in [4.69, 9.17) is 13.1 Å². The molecule has 0 aliphatic rings. The molecular formula is C17H15N7O3. The first-order chi connectivity index (χ1) is 12.7. The van der Waals surface area contributed by atoms with Crippen LogP contribution in [0, 0.1) is 23.3 Å². The molecule has 136 valence electrons. The van der Waals surface area contributed by atoms with Crippen LogP contribution in [0.1, 0.15) is 36.8 Å². The third kappa shape index (κ3) is 3.96. The van der Waals surface area contributed by atoms with E-state index in [1.165, 1.54) is 24.3 Å². The third-order valence-electron chi connectivity index (χ3n) is 3.52. The van der Waals surface area contributed by atoms with Gasteiger partial charge in [0, 0.05) is 11.8 Å². The molecule has 0 radical (unpaired) electrons. The van der Waals surface area contributed by atoms with Crippen LogP contribution in [0.5, 0.6) is 0 Å². The first-order valence-electron chi connectivity index (χ1n) is 7.66. The van der Waals surface area contributed by atoms with Gasteiger partial charge in [0.2, 0.25) is 5.78 Å². The summed E-state index contributed by atoms with van der Waals surface area (Å²) in [5.74, 6) is -1.45. The summed E-state index contributed by atoms with van der Waals surface area (Å²) >= 11 is 0. The van der Waals surface area contributed by atoms with E-state index in [-0.39, 0.29) is 22.5 Å². The number of aromatic nitrogens is 2. The summed E-state index contributed by atoms with van der Waals surface area (Å²) < 4.78 is 0. The summed E-state index contributed by atoms with van der Waals surface area (Å²) in [5, 5.41) is 21.5. The van der Waals surface area contributed by atoms with Crippen molar-refractivity contribution in [1.29, 1.82) is 0 Å². The van der Waals surface area contributed by atoms with Crippen LogP contribution in [-0.2, 0) is 5.41 Å². The van der Waals surface area contributed by atoms with Gasteiger partial charge in [-0.1, -0.05) is 39.5 Å². The van der Waals surface area contributed by atoms with Crippen LogP contribution < -0.4 is 5.43 Å². The molecule has 27 heavy (non-hydrogen) atoms. The number of aromatic amines is 1. The number of amidine groups is 1. The number of anilines is 1. The van der Waals surface area contributed by atoms with E-state index in [0.29, 0.717) is 5.69 Å². The Bertz CT molecular complexity index is 1020.